The number of aryl methyl sites for hydroxylation is 1. The van der Waals surface area contributed by atoms with Crippen molar-refractivity contribution in [3.63, 3.8) is 0 Å². The van der Waals surface area contributed by atoms with E-state index in [1.165, 1.54) is 5.56 Å². The Balaban J connectivity index is 2.07. The van der Waals surface area contributed by atoms with E-state index >= 15 is 0 Å². The highest BCUT2D eigenvalue weighted by atomic mass is 32.2. The van der Waals surface area contributed by atoms with Crippen LogP contribution in [0, 0.1) is 6.92 Å². The quantitative estimate of drug-likeness (QED) is 0.678. The fourth-order valence-corrected chi connectivity index (χ4v) is 3.03. The molecule has 0 aliphatic carbocycles. The fraction of sp³-hybridized carbons (Fsp3) is 0.176. The van der Waals surface area contributed by atoms with Crippen LogP contribution in [0.4, 0.5) is 0 Å². The van der Waals surface area contributed by atoms with E-state index in [4.69, 9.17) is 9.47 Å². The molecule has 0 spiro atoms. The molecule has 3 aromatic rings. The Labute approximate surface area is 133 Å². The zero-order valence-electron chi connectivity index (χ0n) is 12.7. The van der Waals surface area contributed by atoms with E-state index in [2.05, 4.69) is 41.2 Å². The molecule has 0 amide bonds. The molecule has 0 radical (unpaired) electrons. The van der Waals surface area contributed by atoms with Crippen molar-refractivity contribution in [2.75, 3.05) is 14.2 Å². The second-order valence-corrected chi connectivity index (χ2v) is 5.88. The van der Waals surface area contributed by atoms with Crippen molar-refractivity contribution in [2.24, 2.45) is 0 Å². The summed E-state index contributed by atoms with van der Waals surface area (Å²) in [4.78, 5) is 9.87. The average Bonchev–Trinajstić information content (AvgIpc) is 2.56. The molecule has 0 saturated carbocycles. The van der Waals surface area contributed by atoms with E-state index in [-0.39, 0.29) is 0 Å². The Morgan fingerprint density at radius 1 is 0.909 bits per heavy atom. The van der Waals surface area contributed by atoms with Crippen molar-refractivity contribution in [1.29, 1.82) is 0 Å². The van der Waals surface area contributed by atoms with E-state index in [1.54, 1.807) is 32.3 Å². The number of hydrogen-bond acceptors (Lipinski definition) is 5. The first kappa shape index (κ1) is 14.7. The predicted octanol–water partition coefficient (Wildman–Crippen LogP) is 4.11. The van der Waals surface area contributed by atoms with Crippen LogP contribution in [0.1, 0.15) is 5.56 Å². The summed E-state index contributed by atoms with van der Waals surface area (Å²) in [6, 6.07) is 12.2. The first-order valence-corrected chi connectivity index (χ1v) is 7.64. The minimum Gasteiger partial charge on any atom is -0.493 e. The first-order valence-electron chi connectivity index (χ1n) is 6.82. The van der Waals surface area contributed by atoms with Gasteiger partial charge >= 0.3 is 0 Å². The molecular weight excluding hydrogens is 296 g/mol. The monoisotopic (exact) mass is 312 g/mol. The van der Waals surface area contributed by atoms with Crippen LogP contribution < -0.4 is 9.47 Å². The lowest BCUT2D eigenvalue weighted by atomic mass is 10.2. The zero-order valence-corrected chi connectivity index (χ0v) is 13.5. The van der Waals surface area contributed by atoms with Gasteiger partial charge in [0.2, 0.25) is 0 Å². The molecule has 0 aliphatic rings. The molecule has 0 unspecified atom stereocenters. The largest absolute Gasteiger partial charge is 0.493 e. The van der Waals surface area contributed by atoms with Crippen molar-refractivity contribution >= 4 is 22.7 Å². The Morgan fingerprint density at radius 3 is 2.27 bits per heavy atom. The van der Waals surface area contributed by atoms with Gasteiger partial charge in [0.1, 0.15) is 11.4 Å². The highest BCUT2D eigenvalue weighted by molar-refractivity contribution is 7.99. The summed E-state index contributed by atoms with van der Waals surface area (Å²) in [6.07, 6.45) is 1.57. The van der Waals surface area contributed by atoms with Gasteiger partial charge < -0.3 is 9.47 Å². The molecule has 112 valence electrons. The third-order valence-electron chi connectivity index (χ3n) is 3.34. The van der Waals surface area contributed by atoms with Crippen molar-refractivity contribution < 1.29 is 9.47 Å². The summed E-state index contributed by atoms with van der Waals surface area (Å²) in [5.41, 5.74) is 2.07. The highest BCUT2D eigenvalue weighted by Gasteiger charge is 2.11. The summed E-state index contributed by atoms with van der Waals surface area (Å²) >= 11 is 1.61. The van der Waals surface area contributed by atoms with Crippen LogP contribution in [-0.2, 0) is 0 Å². The van der Waals surface area contributed by atoms with Gasteiger partial charge in [0.05, 0.1) is 19.7 Å². The van der Waals surface area contributed by atoms with Crippen LogP contribution in [0.25, 0.3) is 10.9 Å². The molecule has 0 bridgehead atoms. The van der Waals surface area contributed by atoms with Gasteiger partial charge in [-0.05, 0) is 25.1 Å². The number of nitrogens with zero attached hydrogens (tertiary/aromatic N) is 2. The Morgan fingerprint density at radius 2 is 1.59 bits per heavy atom. The van der Waals surface area contributed by atoms with Gasteiger partial charge in [0, 0.05) is 16.3 Å². The van der Waals surface area contributed by atoms with Gasteiger partial charge in [-0.3, -0.25) is 0 Å². The second kappa shape index (κ2) is 6.23. The van der Waals surface area contributed by atoms with Gasteiger partial charge in [-0.15, -0.1) is 0 Å². The smallest absolute Gasteiger partial charge is 0.162 e. The normalized spacial score (nSPS) is 10.7. The van der Waals surface area contributed by atoms with E-state index in [9.17, 15) is 0 Å². The lowest BCUT2D eigenvalue weighted by Gasteiger charge is -2.10. The van der Waals surface area contributed by atoms with Crippen molar-refractivity contribution in [3.05, 3.63) is 48.3 Å². The predicted molar refractivity (Wildman–Crippen MR) is 87.9 cm³/mol. The minimum atomic E-state index is 0.667. The molecule has 3 rings (SSSR count). The number of aromatic nitrogens is 2. The number of methoxy groups -OCH3 is 2. The molecule has 1 heterocycles. The summed E-state index contributed by atoms with van der Waals surface area (Å²) in [7, 11) is 3.24. The van der Waals surface area contributed by atoms with Crippen molar-refractivity contribution in [1.82, 2.24) is 9.97 Å². The molecule has 0 fully saturated rings. The average molecular weight is 312 g/mol. The van der Waals surface area contributed by atoms with Crippen LogP contribution in [0.15, 0.2) is 52.6 Å². The Bertz CT molecular complexity index is 804. The molecule has 0 atom stereocenters. The number of benzene rings is 2. The number of hydrogen-bond donors (Lipinski definition) is 0. The van der Waals surface area contributed by atoms with Crippen LogP contribution in [-0.4, -0.2) is 24.2 Å². The standard InChI is InChI=1S/C17H16N2O2S/c1-11-4-6-12(7-5-11)22-17-13-8-15(20-2)16(21-3)9-14(13)18-10-19-17/h4-10H,1-3H3. The molecule has 1 aromatic heterocycles. The molecule has 5 heteroatoms. The maximum atomic E-state index is 5.38. The lowest BCUT2D eigenvalue weighted by molar-refractivity contribution is 0.355. The van der Waals surface area contributed by atoms with Crippen LogP contribution in [0.2, 0.25) is 0 Å². The van der Waals surface area contributed by atoms with Crippen molar-refractivity contribution in [2.45, 2.75) is 16.8 Å². The SMILES string of the molecule is COc1cc2ncnc(Sc3ccc(C)cc3)c2cc1OC. The third kappa shape index (κ3) is 2.85. The van der Waals surface area contributed by atoms with E-state index in [0.717, 1.165) is 20.8 Å². The molecule has 0 aliphatic heterocycles. The number of rotatable bonds is 4. The number of fused-ring (bicyclic) bond motifs is 1. The summed E-state index contributed by atoms with van der Waals surface area (Å²) in [6.45, 7) is 2.08. The van der Waals surface area contributed by atoms with Crippen LogP contribution in [0.3, 0.4) is 0 Å². The van der Waals surface area contributed by atoms with Gasteiger partial charge in [-0.25, -0.2) is 9.97 Å². The van der Waals surface area contributed by atoms with Gasteiger partial charge in [0.25, 0.3) is 0 Å². The molecule has 22 heavy (non-hydrogen) atoms. The topological polar surface area (TPSA) is 44.2 Å². The summed E-state index contributed by atoms with van der Waals surface area (Å²) in [5, 5.41) is 1.85. The maximum Gasteiger partial charge on any atom is 0.162 e. The van der Waals surface area contributed by atoms with Gasteiger partial charge in [-0.1, -0.05) is 29.5 Å². The molecule has 2 aromatic carbocycles. The summed E-state index contributed by atoms with van der Waals surface area (Å²) < 4.78 is 10.7. The zero-order chi connectivity index (χ0) is 15.5. The minimum absolute atomic E-state index is 0.667. The lowest BCUT2D eigenvalue weighted by Crippen LogP contribution is -1.93. The summed E-state index contributed by atoms with van der Waals surface area (Å²) in [5.74, 6) is 1.34. The van der Waals surface area contributed by atoms with Gasteiger partial charge in [-0.2, -0.15) is 0 Å². The second-order valence-electron chi connectivity index (χ2n) is 4.82. The van der Waals surface area contributed by atoms with Crippen LogP contribution in [0.5, 0.6) is 11.5 Å². The first-order chi connectivity index (χ1) is 10.7. The molecular formula is C17H16N2O2S. The Kier molecular flexibility index (Phi) is 4.15. The third-order valence-corrected chi connectivity index (χ3v) is 4.37. The van der Waals surface area contributed by atoms with E-state index < -0.39 is 0 Å². The molecule has 0 saturated heterocycles. The fourth-order valence-electron chi connectivity index (χ4n) is 2.16. The number of ether oxygens (including phenoxy) is 2. The van der Waals surface area contributed by atoms with Crippen molar-refractivity contribution in [3.8, 4) is 11.5 Å². The van der Waals surface area contributed by atoms with Crippen LogP contribution >= 0.6 is 11.8 Å². The molecule has 4 nitrogen and oxygen atoms in total. The van der Waals surface area contributed by atoms with Gasteiger partial charge in [0.15, 0.2) is 11.5 Å². The van der Waals surface area contributed by atoms with E-state index in [0.29, 0.717) is 11.5 Å². The van der Waals surface area contributed by atoms with E-state index in [1.807, 2.05) is 12.1 Å². The molecule has 0 N–H and O–H groups in total. The maximum absolute atomic E-state index is 5.38. The highest BCUT2D eigenvalue weighted by Crippen LogP contribution is 2.36. The Hall–Kier alpha value is -2.27.